The van der Waals surface area contributed by atoms with E-state index in [1.165, 1.54) is 0 Å². The number of hydrogen-bond acceptors (Lipinski definition) is 1. The second-order valence-electron chi connectivity index (χ2n) is 2.75. The molecule has 0 aliphatic heterocycles. The molecule has 0 heterocycles. The third kappa shape index (κ3) is 403. The fourth-order valence-corrected chi connectivity index (χ4v) is 0.204. The summed E-state index contributed by atoms with van der Waals surface area (Å²) < 4.78 is 4.49. The van der Waals surface area contributed by atoms with E-state index in [0.29, 0.717) is 13.2 Å². The molecule has 0 saturated carbocycles. The molecule has 130 valence electrons. The predicted octanol–water partition coefficient (Wildman–Crippen LogP) is 5.63. The molecule has 1 atom stereocenters. The van der Waals surface area contributed by atoms with Crippen molar-refractivity contribution >= 4 is 9.47 Å². The van der Waals surface area contributed by atoms with Gasteiger partial charge in [-0.3, -0.25) is 0 Å². The van der Waals surface area contributed by atoms with Gasteiger partial charge < -0.3 is 37.1 Å². The first-order chi connectivity index (χ1) is 8.57. The van der Waals surface area contributed by atoms with E-state index in [-0.39, 0.29) is 33.0 Å². The molecule has 2 nitrogen and oxygen atoms in total. The summed E-state index contributed by atoms with van der Waals surface area (Å²) in [6.45, 7) is 29.2. The molecule has 0 aromatic carbocycles. The van der Waals surface area contributed by atoms with Crippen molar-refractivity contribution in [2.45, 2.75) is 53.4 Å². The summed E-state index contributed by atoms with van der Waals surface area (Å²) in [6, 6.07) is 0. The van der Waals surface area contributed by atoms with Crippen LogP contribution < -0.4 is 0 Å². The van der Waals surface area contributed by atoms with Crippen LogP contribution in [0.25, 0.3) is 4.85 Å². The molecule has 0 aromatic heterocycles. The van der Waals surface area contributed by atoms with Crippen LogP contribution in [0.15, 0.2) is 0 Å². The molecule has 0 aliphatic carbocycles. The minimum absolute atomic E-state index is 0. The second-order valence-corrected chi connectivity index (χ2v) is 3.09. The number of rotatable bonds is 2. The van der Waals surface area contributed by atoms with Gasteiger partial charge in [-0.2, -0.15) is 25.7 Å². The minimum Gasteiger partial charge on any atom is -0.358 e. The molecule has 0 aliphatic rings. The van der Waals surface area contributed by atoms with Crippen LogP contribution in [0.2, 0.25) is 0 Å². The molecule has 0 N–H and O–H groups in total. The SMILES string of the molecule is [C-]#[N+]CCOP.[CH2-]CC.[CH2-]CC.[CH2-]CC.[CH2-]CC.[Ni+2].[Ni+2]. The largest absolute Gasteiger partial charge is 2.00 e. The van der Waals surface area contributed by atoms with Crippen LogP contribution in [0, 0.1) is 34.3 Å². The maximum Gasteiger partial charge on any atom is 2.00 e. The molecule has 20 heavy (non-hydrogen) atoms. The molecule has 0 radical (unpaired) electrons. The second kappa shape index (κ2) is 89.9. The molecule has 0 bridgehead atoms. The monoisotopic (exact) mass is 391 g/mol. The fourth-order valence-electron chi connectivity index (χ4n) is 0.0983. The normalized spacial score (nSPS) is 5.80. The van der Waals surface area contributed by atoms with Gasteiger partial charge in [-0.15, -0.1) is 0 Å². The fraction of sp³-hybridized carbons (Fsp3) is 0.667. The minimum atomic E-state index is 0. The van der Waals surface area contributed by atoms with Crippen LogP contribution in [-0.2, 0) is 37.5 Å². The van der Waals surface area contributed by atoms with E-state index in [1.807, 2.05) is 27.7 Å². The van der Waals surface area contributed by atoms with E-state index in [1.54, 1.807) is 0 Å². The van der Waals surface area contributed by atoms with Crippen LogP contribution in [0.5, 0.6) is 0 Å². The Labute approximate surface area is 152 Å². The topological polar surface area (TPSA) is 13.6 Å². The summed E-state index contributed by atoms with van der Waals surface area (Å²) >= 11 is 0. The van der Waals surface area contributed by atoms with Gasteiger partial charge in [0, 0.05) is 9.47 Å². The van der Waals surface area contributed by atoms with Crippen LogP contribution in [-0.4, -0.2) is 13.2 Å². The molecular weight excluding hydrogens is 359 g/mol. The molecule has 0 rings (SSSR count). The first-order valence-corrected chi connectivity index (χ1v) is 6.86. The Hall–Kier alpha value is 0.867. The molecule has 1 unspecified atom stereocenters. The summed E-state index contributed by atoms with van der Waals surface area (Å²) in [5.74, 6) is 0. The summed E-state index contributed by atoms with van der Waals surface area (Å²) in [7, 11) is 2.09. The van der Waals surface area contributed by atoms with Crippen LogP contribution in [0.3, 0.4) is 0 Å². The Morgan fingerprint density at radius 1 is 0.850 bits per heavy atom. The molecular formula is C15H34NNi2OP. The summed E-state index contributed by atoms with van der Waals surface area (Å²) in [4.78, 5) is 3.04. The van der Waals surface area contributed by atoms with Crippen LogP contribution in [0.1, 0.15) is 53.4 Å². The third-order valence-electron chi connectivity index (χ3n) is 0.321. The first kappa shape index (κ1) is 42.8. The molecule has 0 amide bonds. The Bertz CT molecular complexity index is 105. The van der Waals surface area contributed by atoms with Gasteiger partial charge in [-0.25, -0.2) is 6.57 Å². The maximum atomic E-state index is 6.24. The van der Waals surface area contributed by atoms with Crippen molar-refractivity contribution in [3.63, 3.8) is 0 Å². The Morgan fingerprint density at radius 2 is 1.05 bits per heavy atom. The third-order valence-corrected chi connectivity index (χ3v) is 0.557. The maximum absolute atomic E-state index is 6.24. The van der Waals surface area contributed by atoms with Crippen LogP contribution in [0.4, 0.5) is 0 Å². The zero-order valence-electron chi connectivity index (χ0n) is 13.6. The average molecular weight is 393 g/mol. The van der Waals surface area contributed by atoms with Crippen LogP contribution >= 0.6 is 9.47 Å². The van der Waals surface area contributed by atoms with Gasteiger partial charge in [-0.05, 0) is 0 Å². The zero-order chi connectivity index (χ0) is 15.7. The molecule has 5 heteroatoms. The van der Waals surface area contributed by atoms with Gasteiger partial charge in [0.15, 0.2) is 0 Å². The van der Waals surface area contributed by atoms with Crippen molar-refractivity contribution in [2.24, 2.45) is 0 Å². The molecule has 0 spiro atoms. The van der Waals surface area contributed by atoms with Gasteiger partial charge in [-0.1, -0.05) is 27.7 Å². The van der Waals surface area contributed by atoms with E-state index in [2.05, 4.69) is 46.5 Å². The van der Waals surface area contributed by atoms with E-state index in [0.717, 1.165) is 25.7 Å². The molecule has 0 saturated heterocycles. The van der Waals surface area contributed by atoms with Crippen molar-refractivity contribution in [1.82, 2.24) is 0 Å². The molecule has 0 aromatic rings. The predicted molar refractivity (Wildman–Crippen MR) is 89.7 cm³/mol. The standard InChI is InChI=1S/C3H6NOP.4C3H7.2Ni/c1-4-2-3-5-6;4*1-3-2;;/h2-3,6H2;4*1,3H2,2H3;;/q;4*-1;2*+2. The van der Waals surface area contributed by atoms with E-state index < -0.39 is 0 Å². The average Bonchev–Trinajstić information content (AvgIpc) is 2.30. The van der Waals surface area contributed by atoms with Crippen molar-refractivity contribution in [1.29, 1.82) is 0 Å². The van der Waals surface area contributed by atoms with Crippen molar-refractivity contribution < 1.29 is 37.5 Å². The van der Waals surface area contributed by atoms with Gasteiger partial charge in [0.25, 0.3) is 0 Å². The van der Waals surface area contributed by atoms with Gasteiger partial charge in [0.2, 0.25) is 6.54 Å². The van der Waals surface area contributed by atoms with Crippen molar-refractivity contribution in [3.05, 3.63) is 39.1 Å². The number of nitrogens with zero attached hydrogens (tertiary/aromatic N) is 1. The zero-order valence-corrected chi connectivity index (χ0v) is 16.8. The van der Waals surface area contributed by atoms with E-state index >= 15 is 0 Å². The van der Waals surface area contributed by atoms with Gasteiger partial charge in [0.05, 0.1) is 0 Å². The smallest absolute Gasteiger partial charge is 0.358 e. The first-order valence-electron chi connectivity index (χ1n) is 6.39. The molecule has 0 fully saturated rings. The Morgan fingerprint density at radius 3 is 1.10 bits per heavy atom. The van der Waals surface area contributed by atoms with Crippen molar-refractivity contribution in [2.75, 3.05) is 13.2 Å². The quantitative estimate of drug-likeness (QED) is 0.257. The van der Waals surface area contributed by atoms with E-state index in [4.69, 9.17) is 6.57 Å². The summed E-state index contributed by atoms with van der Waals surface area (Å²) in [5, 5.41) is 0. The summed E-state index contributed by atoms with van der Waals surface area (Å²) in [6.07, 6.45) is 4.00. The van der Waals surface area contributed by atoms with Gasteiger partial charge >= 0.3 is 33.0 Å². The van der Waals surface area contributed by atoms with Crippen molar-refractivity contribution in [3.8, 4) is 0 Å². The Kier molecular flexibility index (Phi) is 193. The van der Waals surface area contributed by atoms with Gasteiger partial charge in [0.1, 0.15) is 6.61 Å². The van der Waals surface area contributed by atoms with E-state index in [9.17, 15) is 0 Å². The Balaban J connectivity index is -0.0000000215. The number of hydrogen-bond donors (Lipinski definition) is 0. The summed E-state index contributed by atoms with van der Waals surface area (Å²) in [5.41, 5.74) is 0.